The van der Waals surface area contributed by atoms with Gasteiger partial charge in [-0.15, -0.1) is 0 Å². The Kier molecular flexibility index (Phi) is 6.66. The fraction of sp³-hybridized carbons (Fsp3) is 0.286. The summed E-state index contributed by atoms with van der Waals surface area (Å²) in [6.45, 7) is 1.01. The van der Waals surface area contributed by atoms with Crippen molar-refractivity contribution in [2.75, 3.05) is 13.1 Å². The van der Waals surface area contributed by atoms with E-state index >= 15 is 0 Å². The number of carbonyl (C=O) groups excluding carboxylic acids is 3. The molecule has 6 nitrogen and oxygen atoms in total. The number of nitrogens with one attached hydrogen (secondary N) is 1. The Labute approximate surface area is 168 Å². The lowest BCUT2D eigenvalue weighted by Gasteiger charge is -2.14. The van der Waals surface area contributed by atoms with Gasteiger partial charge in [0.25, 0.3) is 5.91 Å². The monoisotopic (exact) mass is 400 g/mol. The third kappa shape index (κ3) is 5.10. The molecule has 1 N–H and O–H groups in total. The fourth-order valence-corrected chi connectivity index (χ4v) is 3.05. The van der Waals surface area contributed by atoms with Gasteiger partial charge < -0.3 is 10.1 Å². The van der Waals surface area contributed by atoms with Crippen LogP contribution < -0.4 is 10.1 Å². The number of hydrogen-bond acceptors (Lipinski definition) is 4. The maximum Gasteiger partial charge on any atom is 0.255 e. The van der Waals surface area contributed by atoms with Gasteiger partial charge in [-0.3, -0.25) is 19.3 Å². The molecule has 0 bridgehead atoms. The lowest BCUT2D eigenvalue weighted by Crippen LogP contribution is -2.33. The first-order valence-corrected chi connectivity index (χ1v) is 9.50. The zero-order valence-corrected chi connectivity index (χ0v) is 16.1. The molecule has 28 heavy (non-hydrogen) atoms. The average molecular weight is 401 g/mol. The van der Waals surface area contributed by atoms with E-state index in [-0.39, 0.29) is 30.6 Å². The summed E-state index contributed by atoms with van der Waals surface area (Å²) in [5, 5.41) is 3.47. The number of imide groups is 1. The van der Waals surface area contributed by atoms with Crippen molar-refractivity contribution in [3.63, 3.8) is 0 Å². The number of carbonyl (C=O) groups is 3. The van der Waals surface area contributed by atoms with E-state index in [2.05, 4.69) is 5.32 Å². The molecule has 7 heteroatoms. The van der Waals surface area contributed by atoms with Gasteiger partial charge >= 0.3 is 0 Å². The van der Waals surface area contributed by atoms with Gasteiger partial charge in [-0.1, -0.05) is 35.9 Å². The molecular formula is C21H21ClN2O4. The highest BCUT2D eigenvalue weighted by molar-refractivity contribution is 6.30. The van der Waals surface area contributed by atoms with Crippen molar-refractivity contribution < 1.29 is 19.1 Å². The van der Waals surface area contributed by atoms with Crippen molar-refractivity contribution in [3.05, 3.63) is 64.7 Å². The second-order valence-corrected chi connectivity index (χ2v) is 6.90. The highest BCUT2D eigenvalue weighted by Gasteiger charge is 2.27. The highest BCUT2D eigenvalue weighted by Crippen LogP contribution is 2.20. The minimum atomic E-state index is -0.259. The second-order valence-electron chi connectivity index (χ2n) is 6.46. The van der Waals surface area contributed by atoms with E-state index in [9.17, 15) is 14.4 Å². The molecule has 0 saturated carbocycles. The molecule has 2 aromatic rings. The standard InChI is InChI=1S/C21H21ClN2O4/c22-16-8-6-15(7-9-16)14-28-18-5-2-1-4-17(18)21(27)23-12-3-13-24-19(25)10-11-20(24)26/h1-2,4-9H,3,10-14H2,(H,23,27). The van der Waals surface area contributed by atoms with Gasteiger partial charge in [0.05, 0.1) is 5.56 Å². The van der Waals surface area contributed by atoms with Crippen LogP contribution in [0.4, 0.5) is 0 Å². The Balaban J connectivity index is 1.51. The van der Waals surface area contributed by atoms with Crippen LogP contribution in [0.3, 0.4) is 0 Å². The lowest BCUT2D eigenvalue weighted by atomic mass is 10.2. The van der Waals surface area contributed by atoms with Crippen LogP contribution in [0.15, 0.2) is 48.5 Å². The molecule has 3 amide bonds. The van der Waals surface area contributed by atoms with Gasteiger partial charge in [0.2, 0.25) is 11.8 Å². The molecule has 0 unspecified atom stereocenters. The van der Waals surface area contributed by atoms with Crippen LogP contribution in [-0.4, -0.2) is 35.7 Å². The number of hydrogen-bond donors (Lipinski definition) is 1. The maximum atomic E-state index is 12.5. The average Bonchev–Trinajstić information content (AvgIpc) is 3.02. The van der Waals surface area contributed by atoms with Gasteiger partial charge in [-0.05, 0) is 36.2 Å². The minimum absolute atomic E-state index is 0.141. The third-order valence-corrected chi connectivity index (χ3v) is 4.69. The molecule has 3 rings (SSSR count). The predicted molar refractivity (Wildman–Crippen MR) is 105 cm³/mol. The fourth-order valence-electron chi connectivity index (χ4n) is 2.93. The summed E-state index contributed by atoms with van der Waals surface area (Å²) in [7, 11) is 0. The van der Waals surface area contributed by atoms with Crippen LogP contribution >= 0.6 is 11.6 Å². The first kappa shape index (κ1) is 19.9. The first-order valence-electron chi connectivity index (χ1n) is 9.12. The minimum Gasteiger partial charge on any atom is -0.488 e. The largest absolute Gasteiger partial charge is 0.488 e. The summed E-state index contributed by atoms with van der Waals surface area (Å²) in [6, 6.07) is 14.3. The molecule has 1 aliphatic heterocycles. The molecule has 0 aromatic heterocycles. The number of ether oxygens (including phenoxy) is 1. The Morgan fingerprint density at radius 3 is 2.43 bits per heavy atom. The molecule has 1 heterocycles. The zero-order chi connectivity index (χ0) is 19.9. The number of halogens is 1. The van der Waals surface area contributed by atoms with Gasteiger partial charge in [-0.25, -0.2) is 0 Å². The van der Waals surface area contributed by atoms with Crippen LogP contribution in [0.2, 0.25) is 5.02 Å². The quantitative estimate of drug-likeness (QED) is 0.545. The van der Waals surface area contributed by atoms with Crippen LogP contribution in [0, 0.1) is 0 Å². The molecule has 2 aromatic carbocycles. The van der Waals surface area contributed by atoms with Crippen LogP contribution in [-0.2, 0) is 16.2 Å². The zero-order valence-electron chi connectivity index (χ0n) is 15.3. The van der Waals surface area contributed by atoms with E-state index in [1.807, 2.05) is 12.1 Å². The molecule has 0 atom stereocenters. The van der Waals surface area contributed by atoms with Gasteiger partial charge in [0.1, 0.15) is 12.4 Å². The maximum absolute atomic E-state index is 12.5. The van der Waals surface area contributed by atoms with Crippen LogP contribution in [0.25, 0.3) is 0 Å². The molecule has 146 valence electrons. The van der Waals surface area contributed by atoms with Crippen molar-refractivity contribution in [1.29, 1.82) is 0 Å². The predicted octanol–water partition coefficient (Wildman–Crippen LogP) is 3.19. The van der Waals surface area contributed by atoms with Crippen molar-refractivity contribution in [2.45, 2.75) is 25.9 Å². The van der Waals surface area contributed by atoms with Crippen LogP contribution in [0.5, 0.6) is 5.75 Å². The Morgan fingerprint density at radius 1 is 1.04 bits per heavy atom. The van der Waals surface area contributed by atoms with Crippen LogP contribution in [0.1, 0.15) is 35.2 Å². The lowest BCUT2D eigenvalue weighted by molar-refractivity contribution is -0.138. The number of rotatable bonds is 8. The van der Waals surface area contributed by atoms with Crippen molar-refractivity contribution >= 4 is 29.3 Å². The normalized spacial score (nSPS) is 13.7. The SMILES string of the molecule is O=C(NCCCN1C(=O)CCC1=O)c1ccccc1OCc1ccc(Cl)cc1. The number of amides is 3. The summed E-state index contributed by atoms with van der Waals surface area (Å²) < 4.78 is 5.80. The van der Waals surface area contributed by atoms with Crippen molar-refractivity contribution in [2.24, 2.45) is 0 Å². The van der Waals surface area contributed by atoms with Crippen molar-refractivity contribution in [3.8, 4) is 5.75 Å². The number of nitrogens with zero attached hydrogens (tertiary/aromatic N) is 1. The summed E-state index contributed by atoms with van der Waals surface area (Å²) >= 11 is 5.88. The van der Waals surface area contributed by atoms with E-state index in [1.54, 1.807) is 36.4 Å². The summed E-state index contributed by atoms with van der Waals surface area (Å²) in [5.74, 6) is -0.0554. The molecule has 1 fully saturated rings. The van der Waals surface area contributed by atoms with E-state index in [0.717, 1.165) is 5.56 Å². The molecule has 0 radical (unpaired) electrons. The Bertz CT molecular complexity index is 851. The molecule has 0 spiro atoms. The smallest absolute Gasteiger partial charge is 0.255 e. The van der Waals surface area contributed by atoms with E-state index < -0.39 is 0 Å². The van der Waals surface area contributed by atoms with E-state index in [0.29, 0.717) is 42.5 Å². The number of benzene rings is 2. The second kappa shape index (κ2) is 9.37. The summed E-state index contributed by atoms with van der Waals surface area (Å²) in [5.41, 5.74) is 1.38. The van der Waals surface area contributed by atoms with E-state index in [1.165, 1.54) is 4.90 Å². The topological polar surface area (TPSA) is 75.7 Å². The first-order chi connectivity index (χ1) is 13.5. The molecule has 0 aliphatic carbocycles. The third-order valence-electron chi connectivity index (χ3n) is 4.44. The number of likely N-dealkylation sites (tertiary alicyclic amines) is 1. The van der Waals surface area contributed by atoms with Crippen molar-refractivity contribution in [1.82, 2.24) is 10.2 Å². The molecule has 1 aliphatic rings. The van der Waals surface area contributed by atoms with Gasteiger partial charge in [-0.2, -0.15) is 0 Å². The molecular weight excluding hydrogens is 380 g/mol. The summed E-state index contributed by atoms with van der Waals surface area (Å²) in [6.07, 6.45) is 1.07. The van der Waals surface area contributed by atoms with E-state index in [4.69, 9.17) is 16.3 Å². The molecule has 1 saturated heterocycles. The Hall–Kier alpha value is -2.86. The highest BCUT2D eigenvalue weighted by atomic mass is 35.5. The summed E-state index contributed by atoms with van der Waals surface area (Å²) in [4.78, 5) is 36.9. The number of para-hydroxylation sites is 1. The van der Waals surface area contributed by atoms with Gasteiger partial charge in [0, 0.05) is 31.0 Å². The van der Waals surface area contributed by atoms with Gasteiger partial charge in [0.15, 0.2) is 0 Å². The Morgan fingerprint density at radius 2 is 1.71 bits per heavy atom.